The second kappa shape index (κ2) is 8.09. The van der Waals surface area contributed by atoms with Gasteiger partial charge in [0.25, 0.3) is 0 Å². The van der Waals surface area contributed by atoms with Crippen LogP contribution in [0.1, 0.15) is 44.9 Å². The fourth-order valence-corrected chi connectivity index (χ4v) is 7.23. The van der Waals surface area contributed by atoms with Crippen LogP contribution in [0, 0.1) is 32.6 Å². The van der Waals surface area contributed by atoms with Crippen molar-refractivity contribution in [3.63, 3.8) is 0 Å². The molecule has 0 saturated carbocycles. The summed E-state index contributed by atoms with van der Waals surface area (Å²) >= 11 is 0. The molecule has 2 bridgehead atoms. The molecule has 4 aromatic carbocycles. The van der Waals surface area contributed by atoms with Gasteiger partial charge in [-0.15, -0.1) is 0 Å². The van der Waals surface area contributed by atoms with Crippen LogP contribution in [0.15, 0.2) is 96.0 Å². The lowest BCUT2D eigenvalue weighted by Gasteiger charge is -2.52. The number of carbonyl (C=O) groups excluding carboxylic acids is 2. The number of benzene rings is 4. The van der Waals surface area contributed by atoms with Crippen LogP contribution in [0.2, 0.25) is 0 Å². The summed E-state index contributed by atoms with van der Waals surface area (Å²) in [6.07, 6.45) is 1.96. The van der Waals surface area contributed by atoms with Crippen molar-refractivity contribution in [3.8, 4) is 0 Å². The number of rotatable bonds is 3. The fourth-order valence-electron chi connectivity index (χ4n) is 7.23. The Bertz CT molecular complexity index is 1640. The van der Waals surface area contributed by atoms with Crippen molar-refractivity contribution in [2.75, 3.05) is 4.90 Å². The number of imide groups is 1. The van der Waals surface area contributed by atoms with Crippen molar-refractivity contribution < 1.29 is 9.59 Å². The van der Waals surface area contributed by atoms with Crippen LogP contribution in [-0.2, 0) is 15.0 Å². The molecule has 1 fully saturated rings. The number of amides is 2. The molecule has 38 heavy (non-hydrogen) atoms. The van der Waals surface area contributed by atoms with Gasteiger partial charge in [0.1, 0.15) is 0 Å². The molecular weight excluding hydrogens is 468 g/mol. The molecule has 8 rings (SSSR count). The third-order valence-corrected chi connectivity index (χ3v) is 8.70. The van der Waals surface area contributed by atoms with Crippen LogP contribution in [-0.4, -0.2) is 18.0 Å². The smallest absolute Gasteiger partial charge is 0.239 e. The van der Waals surface area contributed by atoms with E-state index in [1.165, 1.54) is 4.90 Å². The molecule has 0 spiro atoms. The molecule has 4 aliphatic rings. The topological polar surface area (TPSA) is 49.7 Å². The van der Waals surface area contributed by atoms with E-state index in [1.54, 1.807) is 0 Å². The minimum absolute atomic E-state index is 0.116. The van der Waals surface area contributed by atoms with E-state index in [4.69, 9.17) is 4.99 Å². The van der Waals surface area contributed by atoms with E-state index in [0.29, 0.717) is 5.69 Å². The SMILES string of the molecule is Cc1cccc(N=CC23c4ccccc4C(c4ccccc42)[C@@H]2C(=O)N(c4ccc(C)cc4C)C(=O)[C@@H]23)c1. The van der Waals surface area contributed by atoms with Crippen LogP contribution in [0.4, 0.5) is 11.4 Å². The first kappa shape index (κ1) is 22.9. The Hall–Kier alpha value is -4.31. The number of aryl methyl sites for hydroxylation is 3. The van der Waals surface area contributed by atoms with Crippen molar-refractivity contribution in [2.45, 2.75) is 32.1 Å². The highest BCUT2D eigenvalue weighted by atomic mass is 16.2. The Balaban J connectivity index is 1.51. The molecule has 4 aromatic rings. The van der Waals surface area contributed by atoms with E-state index in [1.807, 2.05) is 93.7 Å². The zero-order chi connectivity index (χ0) is 26.2. The largest absolute Gasteiger partial charge is 0.274 e. The third-order valence-electron chi connectivity index (χ3n) is 8.70. The van der Waals surface area contributed by atoms with Crippen molar-refractivity contribution in [1.82, 2.24) is 0 Å². The molecule has 0 N–H and O–H groups in total. The number of anilines is 1. The molecule has 4 nitrogen and oxygen atoms in total. The molecule has 1 heterocycles. The molecule has 0 aromatic heterocycles. The van der Waals surface area contributed by atoms with Crippen LogP contribution in [0.3, 0.4) is 0 Å². The maximum absolute atomic E-state index is 14.5. The van der Waals surface area contributed by atoms with Gasteiger partial charge in [-0.3, -0.25) is 14.6 Å². The second-order valence-corrected chi connectivity index (χ2v) is 10.9. The first-order valence-electron chi connectivity index (χ1n) is 13.2. The highest BCUT2D eigenvalue weighted by molar-refractivity contribution is 6.25. The van der Waals surface area contributed by atoms with E-state index < -0.39 is 17.3 Å². The molecule has 1 aliphatic heterocycles. The average molecular weight is 497 g/mol. The summed E-state index contributed by atoms with van der Waals surface area (Å²) in [4.78, 5) is 35.3. The lowest BCUT2D eigenvalue weighted by molar-refractivity contribution is -0.122. The molecule has 3 aliphatic carbocycles. The summed E-state index contributed by atoms with van der Waals surface area (Å²) in [5, 5.41) is 0. The number of hydrogen-bond donors (Lipinski definition) is 0. The van der Waals surface area contributed by atoms with E-state index in [2.05, 4.69) is 24.3 Å². The Labute approximate surface area is 222 Å². The lowest BCUT2D eigenvalue weighted by atomic mass is 9.47. The molecule has 4 heteroatoms. The first-order chi connectivity index (χ1) is 18.4. The number of nitrogens with zero attached hydrogens (tertiary/aromatic N) is 2. The molecule has 0 unspecified atom stereocenters. The van der Waals surface area contributed by atoms with Gasteiger partial charge in [-0.25, -0.2) is 4.90 Å². The zero-order valence-corrected chi connectivity index (χ0v) is 21.7. The second-order valence-electron chi connectivity index (χ2n) is 10.9. The molecular formula is C34H28N2O2. The summed E-state index contributed by atoms with van der Waals surface area (Å²) in [5.41, 5.74) is 8.19. The van der Waals surface area contributed by atoms with Crippen molar-refractivity contribution in [2.24, 2.45) is 16.8 Å². The summed E-state index contributed by atoms with van der Waals surface area (Å²) < 4.78 is 0. The van der Waals surface area contributed by atoms with Gasteiger partial charge < -0.3 is 0 Å². The fraction of sp³-hybridized carbons (Fsp3) is 0.206. The van der Waals surface area contributed by atoms with E-state index in [-0.39, 0.29) is 17.7 Å². The van der Waals surface area contributed by atoms with E-state index >= 15 is 0 Å². The highest BCUT2D eigenvalue weighted by Gasteiger charge is 2.68. The van der Waals surface area contributed by atoms with E-state index in [0.717, 1.165) is 44.6 Å². The van der Waals surface area contributed by atoms with Crippen LogP contribution >= 0.6 is 0 Å². The maximum Gasteiger partial charge on any atom is 0.239 e. The first-order valence-corrected chi connectivity index (χ1v) is 13.2. The van der Waals surface area contributed by atoms with Gasteiger partial charge in [-0.2, -0.15) is 0 Å². The Kier molecular flexibility index (Phi) is 4.87. The molecule has 2 amide bonds. The Morgan fingerprint density at radius 1 is 0.737 bits per heavy atom. The standard InChI is InChI=1S/C34H28N2O2/c1-20-9-8-10-23(18-20)35-19-34-26-13-6-4-11-24(26)29(25-12-5-7-14-27(25)34)30-31(34)33(38)36(32(30)37)28-16-15-21(2)17-22(28)3/h4-19,29-31H,1-3H3/t29?,30-,31+,34?/m0/s1. The van der Waals surface area contributed by atoms with Crippen molar-refractivity contribution in [1.29, 1.82) is 0 Å². The van der Waals surface area contributed by atoms with Gasteiger partial charge in [0, 0.05) is 12.1 Å². The normalized spacial score (nSPS) is 25.0. The van der Waals surface area contributed by atoms with Gasteiger partial charge in [-0.05, 0) is 72.4 Å². The number of carbonyl (C=O) groups is 2. The van der Waals surface area contributed by atoms with Crippen LogP contribution in [0.5, 0.6) is 0 Å². The summed E-state index contributed by atoms with van der Waals surface area (Å²) in [7, 11) is 0. The summed E-state index contributed by atoms with van der Waals surface area (Å²) in [5.74, 6) is -1.49. The third kappa shape index (κ3) is 2.94. The molecule has 2 atom stereocenters. The molecule has 186 valence electrons. The van der Waals surface area contributed by atoms with Gasteiger partial charge >= 0.3 is 0 Å². The minimum atomic E-state index is -0.851. The monoisotopic (exact) mass is 496 g/mol. The maximum atomic E-state index is 14.5. The number of aliphatic imine (C=N–C) groups is 1. The van der Waals surface area contributed by atoms with Gasteiger partial charge in [0.2, 0.25) is 11.8 Å². The number of hydrogen-bond acceptors (Lipinski definition) is 3. The summed E-state index contributed by atoms with van der Waals surface area (Å²) in [6, 6.07) is 30.6. The van der Waals surface area contributed by atoms with Gasteiger partial charge in [0.05, 0.1) is 28.6 Å². The Morgan fingerprint density at radius 3 is 2.05 bits per heavy atom. The lowest BCUT2D eigenvalue weighted by Crippen LogP contribution is -2.54. The minimum Gasteiger partial charge on any atom is -0.274 e. The van der Waals surface area contributed by atoms with Gasteiger partial charge in [-0.1, -0.05) is 78.4 Å². The average Bonchev–Trinajstić information content (AvgIpc) is 3.18. The Morgan fingerprint density at radius 2 is 1.39 bits per heavy atom. The predicted octanol–water partition coefficient (Wildman–Crippen LogP) is 6.57. The highest BCUT2D eigenvalue weighted by Crippen LogP contribution is 2.63. The quantitative estimate of drug-likeness (QED) is 0.238. The van der Waals surface area contributed by atoms with Crippen LogP contribution in [0.25, 0.3) is 0 Å². The van der Waals surface area contributed by atoms with Crippen molar-refractivity contribution >= 4 is 29.4 Å². The zero-order valence-electron chi connectivity index (χ0n) is 21.7. The molecule has 0 radical (unpaired) electrons. The van der Waals surface area contributed by atoms with Crippen LogP contribution < -0.4 is 4.90 Å². The van der Waals surface area contributed by atoms with E-state index in [9.17, 15) is 9.59 Å². The molecule has 1 saturated heterocycles. The van der Waals surface area contributed by atoms with Gasteiger partial charge in [0.15, 0.2) is 0 Å². The van der Waals surface area contributed by atoms with Crippen molar-refractivity contribution in [3.05, 3.63) is 130 Å². The predicted molar refractivity (Wildman–Crippen MR) is 150 cm³/mol. The summed E-state index contributed by atoms with van der Waals surface area (Å²) in [6.45, 7) is 6.04.